The van der Waals surface area contributed by atoms with Crippen molar-refractivity contribution < 1.29 is 4.79 Å². The van der Waals surface area contributed by atoms with Crippen molar-refractivity contribution in [2.75, 3.05) is 11.9 Å². The van der Waals surface area contributed by atoms with E-state index in [9.17, 15) is 4.79 Å². The van der Waals surface area contributed by atoms with Gasteiger partial charge in [-0.3, -0.25) is 4.79 Å². The minimum absolute atomic E-state index is 0.0379. The molecule has 0 radical (unpaired) electrons. The van der Waals surface area contributed by atoms with Gasteiger partial charge in [0.1, 0.15) is 0 Å². The molecule has 1 atom stereocenters. The predicted molar refractivity (Wildman–Crippen MR) is 81.6 cm³/mol. The van der Waals surface area contributed by atoms with Gasteiger partial charge in [-0.1, -0.05) is 39.0 Å². The number of carbonyl (C=O) groups is 1. The van der Waals surface area contributed by atoms with Crippen molar-refractivity contribution in [1.82, 2.24) is 5.32 Å². The molecule has 0 saturated heterocycles. The quantitative estimate of drug-likeness (QED) is 0.792. The molecule has 0 spiro atoms. The van der Waals surface area contributed by atoms with Gasteiger partial charge in [0, 0.05) is 11.7 Å². The fraction of sp³-hybridized carbons (Fsp3) is 0.562. The maximum atomic E-state index is 12.0. The third-order valence-electron chi connectivity index (χ3n) is 3.49. The Balaban J connectivity index is 2.72. The molecule has 0 aliphatic rings. The fourth-order valence-corrected chi connectivity index (χ4v) is 2.00. The Morgan fingerprint density at radius 3 is 2.21 bits per heavy atom. The van der Waals surface area contributed by atoms with Crippen LogP contribution in [0.15, 0.2) is 18.2 Å². The topological polar surface area (TPSA) is 41.1 Å². The van der Waals surface area contributed by atoms with E-state index in [0.29, 0.717) is 12.6 Å². The summed E-state index contributed by atoms with van der Waals surface area (Å²) < 4.78 is 0. The molecular formula is C16H26N2O. The Hall–Kier alpha value is -1.35. The summed E-state index contributed by atoms with van der Waals surface area (Å²) in [4.78, 5) is 12.0. The van der Waals surface area contributed by atoms with E-state index in [1.54, 1.807) is 0 Å². The molecular weight excluding hydrogens is 236 g/mol. The van der Waals surface area contributed by atoms with Crippen LogP contribution in [0.4, 0.5) is 5.69 Å². The Morgan fingerprint density at radius 2 is 1.74 bits per heavy atom. The van der Waals surface area contributed by atoms with Gasteiger partial charge >= 0.3 is 0 Å². The lowest BCUT2D eigenvalue weighted by atomic mass is 10.0. The van der Waals surface area contributed by atoms with Crippen LogP contribution in [-0.4, -0.2) is 18.5 Å². The summed E-state index contributed by atoms with van der Waals surface area (Å²) in [6.07, 6.45) is 2.89. The molecule has 1 unspecified atom stereocenters. The Kier molecular flexibility index (Phi) is 6.57. The highest BCUT2D eigenvalue weighted by Gasteiger charge is 2.10. The molecule has 0 heterocycles. The molecule has 1 amide bonds. The first kappa shape index (κ1) is 15.7. The van der Waals surface area contributed by atoms with Crippen LogP contribution in [0.5, 0.6) is 0 Å². The lowest BCUT2D eigenvalue weighted by Crippen LogP contribution is -2.34. The van der Waals surface area contributed by atoms with Crippen LogP contribution in [0.25, 0.3) is 0 Å². The summed E-state index contributed by atoms with van der Waals surface area (Å²) >= 11 is 0. The number of para-hydroxylation sites is 1. The largest absolute Gasteiger partial charge is 0.324 e. The number of hydrogen-bond donors (Lipinski definition) is 2. The van der Waals surface area contributed by atoms with Gasteiger partial charge in [0.25, 0.3) is 0 Å². The van der Waals surface area contributed by atoms with E-state index in [1.807, 2.05) is 0 Å². The smallest absolute Gasteiger partial charge is 0.238 e. The molecule has 1 aromatic carbocycles. The summed E-state index contributed by atoms with van der Waals surface area (Å²) in [6.45, 7) is 8.79. The minimum atomic E-state index is 0.0379. The number of rotatable bonds is 7. The van der Waals surface area contributed by atoms with Gasteiger partial charge in [-0.25, -0.2) is 0 Å². The zero-order valence-electron chi connectivity index (χ0n) is 12.5. The molecule has 3 heteroatoms. The molecule has 0 saturated carbocycles. The highest BCUT2D eigenvalue weighted by Crippen LogP contribution is 2.22. The molecule has 1 aromatic rings. The average Bonchev–Trinajstić information content (AvgIpc) is 2.44. The number of benzene rings is 1. The van der Waals surface area contributed by atoms with Gasteiger partial charge in [-0.2, -0.15) is 0 Å². The zero-order valence-corrected chi connectivity index (χ0v) is 12.5. The maximum absolute atomic E-state index is 12.0. The highest BCUT2D eigenvalue weighted by molar-refractivity contribution is 5.93. The maximum Gasteiger partial charge on any atom is 0.238 e. The first-order valence-electron chi connectivity index (χ1n) is 7.26. The first-order chi connectivity index (χ1) is 9.12. The van der Waals surface area contributed by atoms with Crippen molar-refractivity contribution in [3.8, 4) is 0 Å². The van der Waals surface area contributed by atoms with E-state index in [-0.39, 0.29) is 5.91 Å². The summed E-state index contributed by atoms with van der Waals surface area (Å²) in [6, 6.07) is 6.59. The van der Waals surface area contributed by atoms with Crippen molar-refractivity contribution >= 4 is 11.6 Å². The summed E-state index contributed by atoms with van der Waals surface area (Å²) in [5.74, 6) is 0.0379. The van der Waals surface area contributed by atoms with Crippen LogP contribution < -0.4 is 10.6 Å². The van der Waals surface area contributed by atoms with Crippen molar-refractivity contribution in [2.45, 2.75) is 53.0 Å². The van der Waals surface area contributed by atoms with Crippen LogP contribution in [0.1, 0.15) is 45.2 Å². The van der Waals surface area contributed by atoms with E-state index >= 15 is 0 Å². The van der Waals surface area contributed by atoms with Gasteiger partial charge in [0.15, 0.2) is 0 Å². The van der Waals surface area contributed by atoms with Crippen molar-refractivity contribution in [1.29, 1.82) is 0 Å². The summed E-state index contributed by atoms with van der Waals surface area (Å²) in [5.41, 5.74) is 3.41. The molecule has 19 heavy (non-hydrogen) atoms. The summed E-state index contributed by atoms with van der Waals surface area (Å²) in [7, 11) is 0. The lowest BCUT2D eigenvalue weighted by Gasteiger charge is -2.16. The molecule has 1 rings (SSSR count). The minimum Gasteiger partial charge on any atom is -0.324 e. The zero-order chi connectivity index (χ0) is 14.3. The number of nitrogens with one attached hydrogen (secondary N) is 2. The Morgan fingerprint density at radius 1 is 1.16 bits per heavy atom. The van der Waals surface area contributed by atoms with Gasteiger partial charge in [-0.15, -0.1) is 0 Å². The molecule has 0 bridgehead atoms. The Labute approximate surface area is 116 Å². The summed E-state index contributed by atoms with van der Waals surface area (Å²) in [5, 5.41) is 6.27. The van der Waals surface area contributed by atoms with E-state index in [4.69, 9.17) is 0 Å². The third-order valence-corrected chi connectivity index (χ3v) is 3.49. The van der Waals surface area contributed by atoms with Crippen molar-refractivity contribution in [3.63, 3.8) is 0 Å². The van der Waals surface area contributed by atoms with Gasteiger partial charge < -0.3 is 10.6 Å². The molecule has 2 N–H and O–H groups in total. The number of hydrogen-bond acceptors (Lipinski definition) is 2. The van der Waals surface area contributed by atoms with Crippen LogP contribution in [0.3, 0.4) is 0 Å². The molecule has 3 nitrogen and oxygen atoms in total. The van der Waals surface area contributed by atoms with E-state index in [0.717, 1.165) is 24.9 Å². The number of anilines is 1. The van der Waals surface area contributed by atoms with Crippen LogP contribution in [0, 0.1) is 0 Å². The van der Waals surface area contributed by atoms with Crippen LogP contribution in [0.2, 0.25) is 0 Å². The lowest BCUT2D eigenvalue weighted by molar-refractivity contribution is -0.115. The van der Waals surface area contributed by atoms with Crippen molar-refractivity contribution in [3.05, 3.63) is 29.3 Å². The second-order valence-corrected chi connectivity index (χ2v) is 4.90. The fourth-order valence-electron chi connectivity index (χ4n) is 2.00. The van der Waals surface area contributed by atoms with Gasteiger partial charge in [-0.05, 0) is 37.3 Å². The van der Waals surface area contributed by atoms with Crippen molar-refractivity contribution in [2.24, 2.45) is 0 Å². The number of carbonyl (C=O) groups excluding carboxylic acids is 1. The van der Waals surface area contributed by atoms with E-state index in [2.05, 4.69) is 56.5 Å². The second-order valence-electron chi connectivity index (χ2n) is 4.90. The number of aryl methyl sites for hydroxylation is 2. The molecule has 0 fully saturated rings. The standard InChI is InChI=1S/C16H26N2O/c1-5-12(4)17-11-15(19)18-16-13(6-2)9-8-10-14(16)7-3/h8-10,12,17H,5-7,11H2,1-4H3,(H,18,19). The van der Waals surface area contributed by atoms with Crippen LogP contribution in [-0.2, 0) is 17.6 Å². The van der Waals surface area contributed by atoms with E-state index < -0.39 is 0 Å². The predicted octanol–water partition coefficient (Wildman–Crippen LogP) is 3.14. The SMILES string of the molecule is CCc1cccc(CC)c1NC(=O)CNC(C)CC. The first-order valence-corrected chi connectivity index (χ1v) is 7.26. The highest BCUT2D eigenvalue weighted by atomic mass is 16.1. The van der Waals surface area contributed by atoms with Gasteiger partial charge in [0.05, 0.1) is 6.54 Å². The molecule has 0 aliphatic heterocycles. The molecule has 0 aromatic heterocycles. The molecule has 0 aliphatic carbocycles. The Bertz CT molecular complexity index is 393. The molecule has 106 valence electrons. The second kappa shape index (κ2) is 7.95. The third kappa shape index (κ3) is 4.67. The van der Waals surface area contributed by atoms with Gasteiger partial charge in [0.2, 0.25) is 5.91 Å². The monoisotopic (exact) mass is 262 g/mol. The van der Waals surface area contributed by atoms with E-state index in [1.165, 1.54) is 11.1 Å². The average molecular weight is 262 g/mol. The van der Waals surface area contributed by atoms with Crippen LogP contribution >= 0.6 is 0 Å². The normalized spacial score (nSPS) is 12.2. The number of amides is 1.